The van der Waals surface area contributed by atoms with Crippen molar-refractivity contribution in [3.05, 3.63) is 76.2 Å². The third-order valence-electron chi connectivity index (χ3n) is 3.97. The van der Waals surface area contributed by atoms with Crippen LogP contribution in [0.5, 0.6) is 0 Å². The molecular weight excluding hydrogens is 342 g/mol. The second-order valence-corrected chi connectivity index (χ2v) is 5.64. The Morgan fingerprint density at radius 1 is 1.04 bits per heavy atom. The van der Waals surface area contributed by atoms with E-state index in [1.165, 1.54) is 4.68 Å². The van der Waals surface area contributed by atoms with Crippen molar-refractivity contribution in [1.29, 1.82) is 0 Å². The van der Waals surface area contributed by atoms with Gasteiger partial charge in [-0.05, 0) is 31.2 Å². The summed E-state index contributed by atoms with van der Waals surface area (Å²) in [6.07, 6.45) is 0. The van der Waals surface area contributed by atoms with Crippen molar-refractivity contribution in [2.45, 2.75) is 6.92 Å². The van der Waals surface area contributed by atoms with E-state index in [1.54, 1.807) is 42.9 Å². The molecule has 0 radical (unpaired) electrons. The van der Waals surface area contributed by atoms with Crippen LogP contribution in [-0.4, -0.2) is 15.4 Å². The van der Waals surface area contributed by atoms with Gasteiger partial charge in [0.25, 0.3) is 5.56 Å². The van der Waals surface area contributed by atoms with Gasteiger partial charge in [0.2, 0.25) is 0 Å². The molecule has 2 N–H and O–H groups in total. The van der Waals surface area contributed by atoms with Crippen LogP contribution in [-0.2, 0) is 7.05 Å². The summed E-state index contributed by atoms with van der Waals surface area (Å²) in [7, 11) is 1.68. The van der Waals surface area contributed by atoms with Crippen LogP contribution in [0.1, 0.15) is 5.69 Å². The molecule has 3 aromatic rings. The molecule has 0 aliphatic heterocycles. The predicted molar refractivity (Wildman–Crippen MR) is 94.7 cm³/mol. The molecule has 6 nitrogen and oxygen atoms in total. The largest absolute Gasteiger partial charge is 0.323 e. The first-order valence-electron chi connectivity index (χ1n) is 7.75. The van der Waals surface area contributed by atoms with Crippen molar-refractivity contribution < 1.29 is 13.6 Å². The van der Waals surface area contributed by atoms with E-state index >= 15 is 0 Å². The Morgan fingerprint density at radius 2 is 1.73 bits per heavy atom. The summed E-state index contributed by atoms with van der Waals surface area (Å²) in [4.78, 5) is 24.8. The van der Waals surface area contributed by atoms with E-state index in [0.717, 1.165) is 18.2 Å². The first-order valence-corrected chi connectivity index (χ1v) is 7.75. The molecular formula is C18H16F2N4O2. The van der Waals surface area contributed by atoms with Gasteiger partial charge in [-0.2, -0.15) is 0 Å². The molecule has 1 heterocycles. The number of benzene rings is 2. The fourth-order valence-electron chi connectivity index (χ4n) is 2.57. The Hall–Kier alpha value is -3.42. The number of nitrogens with one attached hydrogen (secondary N) is 2. The lowest BCUT2D eigenvalue weighted by Crippen LogP contribution is -2.25. The molecule has 134 valence electrons. The van der Waals surface area contributed by atoms with Crippen molar-refractivity contribution in [2.24, 2.45) is 7.05 Å². The van der Waals surface area contributed by atoms with Crippen LogP contribution in [0.25, 0.3) is 5.69 Å². The maximum atomic E-state index is 13.6. The van der Waals surface area contributed by atoms with Crippen LogP contribution in [0.15, 0.2) is 53.3 Å². The summed E-state index contributed by atoms with van der Waals surface area (Å²) in [5.74, 6) is -1.47. The van der Waals surface area contributed by atoms with Crippen LogP contribution in [0.3, 0.4) is 0 Å². The number of anilines is 2. The zero-order valence-corrected chi connectivity index (χ0v) is 14.1. The van der Waals surface area contributed by atoms with Crippen LogP contribution in [0.2, 0.25) is 0 Å². The molecule has 3 rings (SSSR count). The average Bonchev–Trinajstić information content (AvgIpc) is 2.82. The zero-order valence-electron chi connectivity index (χ0n) is 14.1. The maximum absolute atomic E-state index is 13.6. The molecule has 0 aliphatic rings. The number of carbonyl (C=O) groups excluding carboxylic acids is 1. The first kappa shape index (κ1) is 17.4. The Kier molecular flexibility index (Phi) is 4.57. The van der Waals surface area contributed by atoms with Crippen molar-refractivity contribution >= 4 is 17.4 Å². The molecule has 0 atom stereocenters. The van der Waals surface area contributed by atoms with E-state index in [0.29, 0.717) is 11.4 Å². The van der Waals surface area contributed by atoms with Crippen molar-refractivity contribution in [2.75, 3.05) is 10.6 Å². The number of amides is 2. The second-order valence-electron chi connectivity index (χ2n) is 5.64. The van der Waals surface area contributed by atoms with Crippen molar-refractivity contribution in [1.82, 2.24) is 9.36 Å². The maximum Gasteiger partial charge on any atom is 0.323 e. The van der Waals surface area contributed by atoms with E-state index in [4.69, 9.17) is 0 Å². The molecule has 0 fully saturated rings. The molecule has 26 heavy (non-hydrogen) atoms. The molecule has 0 bridgehead atoms. The molecule has 0 saturated heterocycles. The number of aromatic nitrogens is 2. The minimum absolute atomic E-state index is 0.0469. The topological polar surface area (TPSA) is 68.1 Å². The third-order valence-corrected chi connectivity index (χ3v) is 3.97. The highest BCUT2D eigenvalue weighted by molar-refractivity contribution is 6.00. The molecule has 0 saturated carbocycles. The number of hydrogen-bond donors (Lipinski definition) is 2. The van der Waals surface area contributed by atoms with Gasteiger partial charge < -0.3 is 10.6 Å². The standard InChI is InChI=1S/C18H16F2N4O2/c1-11-16(17(25)24(23(11)2)13-6-4-3-5-7-13)22-18(26)21-15-10-12(19)8-9-14(15)20/h3-10H,1-2H3,(H2,21,22,26). The molecule has 0 aliphatic carbocycles. The Labute approximate surface area is 147 Å². The highest BCUT2D eigenvalue weighted by Crippen LogP contribution is 2.17. The molecule has 2 aromatic carbocycles. The van der Waals surface area contributed by atoms with Gasteiger partial charge >= 0.3 is 6.03 Å². The number of halogens is 2. The van der Waals surface area contributed by atoms with Gasteiger partial charge in [-0.15, -0.1) is 0 Å². The minimum Gasteiger partial charge on any atom is -0.305 e. The van der Waals surface area contributed by atoms with E-state index in [2.05, 4.69) is 10.6 Å². The van der Waals surface area contributed by atoms with E-state index in [1.807, 2.05) is 6.07 Å². The first-order chi connectivity index (χ1) is 12.4. The lowest BCUT2D eigenvalue weighted by molar-refractivity contribution is 0.262. The monoisotopic (exact) mass is 358 g/mol. The van der Waals surface area contributed by atoms with Gasteiger partial charge in [-0.25, -0.2) is 18.3 Å². The van der Waals surface area contributed by atoms with E-state index in [9.17, 15) is 18.4 Å². The smallest absolute Gasteiger partial charge is 0.305 e. The quantitative estimate of drug-likeness (QED) is 0.753. The molecule has 1 aromatic heterocycles. The van der Waals surface area contributed by atoms with Crippen LogP contribution in [0, 0.1) is 18.6 Å². The van der Waals surface area contributed by atoms with Gasteiger partial charge in [0.1, 0.15) is 17.3 Å². The molecule has 0 unspecified atom stereocenters. The highest BCUT2D eigenvalue weighted by atomic mass is 19.1. The predicted octanol–water partition coefficient (Wildman–Crippen LogP) is 3.41. The van der Waals surface area contributed by atoms with Gasteiger partial charge in [0.05, 0.1) is 17.1 Å². The fraction of sp³-hybridized carbons (Fsp3) is 0.111. The Bertz CT molecular complexity index is 1030. The lowest BCUT2D eigenvalue weighted by Gasteiger charge is -2.08. The molecule has 8 heteroatoms. The zero-order chi connectivity index (χ0) is 18.8. The summed E-state index contributed by atoms with van der Waals surface area (Å²) in [5.41, 5.74) is 0.428. The normalized spacial score (nSPS) is 10.6. The van der Waals surface area contributed by atoms with Gasteiger partial charge in [-0.1, -0.05) is 18.2 Å². The summed E-state index contributed by atoms with van der Waals surface area (Å²) >= 11 is 0. The van der Waals surface area contributed by atoms with Gasteiger partial charge in [0.15, 0.2) is 0 Å². The number of urea groups is 1. The van der Waals surface area contributed by atoms with Crippen molar-refractivity contribution in [3.63, 3.8) is 0 Å². The molecule has 0 spiro atoms. The number of carbonyl (C=O) groups is 1. The summed E-state index contributed by atoms with van der Waals surface area (Å²) < 4.78 is 29.8. The second kappa shape index (κ2) is 6.83. The number of nitrogens with zero attached hydrogens (tertiary/aromatic N) is 2. The third kappa shape index (κ3) is 3.21. The van der Waals surface area contributed by atoms with E-state index < -0.39 is 23.2 Å². The summed E-state index contributed by atoms with van der Waals surface area (Å²) in [6.45, 7) is 1.67. The SMILES string of the molecule is Cc1c(NC(=O)Nc2cc(F)ccc2F)c(=O)n(-c2ccccc2)n1C. The van der Waals surface area contributed by atoms with Crippen LogP contribution >= 0.6 is 0 Å². The molecule has 2 amide bonds. The lowest BCUT2D eigenvalue weighted by atomic mass is 10.3. The minimum atomic E-state index is -0.847. The average molecular weight is 358 g/mol. The van der Waals surface area contributed by atoms with Gasteiger partial charge in [-0.3, -0.25) is 9.48 Å². The Morgan fingerprint density at radius 3 is 2.42 bits per heavy atom. The number of para-hydroxylation sites is 1. The van der Waals surface area contributed by atoms with Crippen LogP contribution < -0.4 is 16.2 Å². The van der Waals surface area contributed by atoms with E-state index in [-0.39, 0.29) is 11.4 Å². The van der Waals surface area contributed by atoms with Gasteiger partial charge in [0, 0.05) is 13.1 Å². The number of hydrogen-bond acceptors (Lipinski definition) is 2. The van der Waals surface area contributed by atoms with Crippen LogP contribution in [0.4, 0.5) is 25.0 Å². The van der Waals surface area contributed by atoms with Crippen molar-refractivity contribution in [3.8, 4) is 5.69 Å². The fourth-order valence-corrected chi connectivity index (χ4v) is 2.57. The number of rotatable bonds is 3. The Balaban J connectivity index is 1.90. The summed E-state index contributed by atoms with van der Waals surface area (Å²) in [6, 6.07) is 10.8. The summed E-state index contributed by atoms with van der Waals surface area (Å²) in [5, 5.41) is 4.61. The highest BCUT2D eigenvalue weighted by Gasteiger charge is 2.18.